The Labute approximate surface area is 222 Å². The molecule has 9 heteroatoms. The van der Waals surface area contributed by atoms with Crippen LogP contribution >= 0.6 is 46.3 Å². The van der Waals surface area contributed by atoms with E-state index in [4.69, 9.17) is 28.2 Å². The summed E-state index contributed by atoms with van der Waals surface area (Å²) in [6.07, 6.45) is 2.81. The van der Waals surface area contributed by atoms with E-state index in [0.29, 0.717) is 31.1 Å². The summed E-state index contributed by atoms with van der Waals surface area (Å²) in [5.41, 5.74) is 3.31. The first-order valence-electron chi connectivity index (χ1n) is 11.3. The monoisotopic (exact) mass is 545 g/mol. The van der Waals surface area contributed by atoms with Crippen molar-refractivity contribution in [3.05, 3.63) is 78.9 Å². The summed E-state index contributed by atoms with van der Waals surface area (Å²) in [6.45, 7) is 6.21. The smallest absolute Gasteiger partial charge is 0.267 e. The number of rotatable bonds is 8. The summed E-state index contributed by atoms with van der Waals surface area (Å²) < 4.78 is 1.62. The SMILES string of the molecule is CCCc1sc2nc(SCC(=O)Nc3cc(Cl)cc(Cl)c3)n(-c3ccc(CC)cc3)c(=O)c2c1C. The Balaban J connectivity index is 1.71. The van der Waals surface area contributed by atoms with E-state index in [1.54, 1.807) is 34.1 Å². The van der Waals surface area contributed by atoms with Gasteiger partial charge in [-0.25, -0.2) is 4.98 Å². The molecule has 2 heterocycles. The number of fused-ring (bicyclic) bond motifs is 1. The van der Waals surface area contributed by atoms with E-state index in [2.05, 4.69) is 19.2 Å². The maximum atomic E-state index is 13.7. The average Bonchev–Trinajstić information content (AvgIpc) is 3.12. The maximum absolute atomic E-state index is 13.7. The summed E-state index contributed by atoms with van der Waals surface area (Å²) in [7, 11) is 0. The van der Waals surface area contributed by atoms with Crippen LogP contribution in [-0.4, -0.2) is 21.2 Å². The van der Waals surface area contributed by atoms with Gasteiger partial charge in [-0.3, -0.25) is 14.2 Å². The van der Waals surface area contributed by atoms with Crippen molar-refractivity contribution < 1.29 is 4.79 Å². The van der Waals surface area contributed by atoms with Crippen LogP contribution in [0.2, 0.25) is 10.0 Å². The number of halogens is 2. The topological polar surface area (TPSA) is 64.0 Å². The number of benzene rings is 2. The molecule has 0 spiro atoms. The van der Waals surface area contributed by atoms with Crippen molar-refractivity contribution in [1.82, 2.24) is 9.55 Å². The van der Waals surface area contributed by atoms with Crippen LogP contribution in [0.1, 0.15) is 36.3 Å². The predicted molar refractivity (Wildman–Crippen MR) is 149 cm³/mol. The molecule has 0 atom stereocenters. The van der Waals surface area contributed by atoms with Crippen molar-refractivity contribution in [3.63, 3.8) is 0 Å². The number of hydrogen-bond acceptors (Lipinski definition) is 5. The Morgan fingerprint density at radius 3 is 2.43 bits per heavy atom. The van der Waals surface area contributed by atoms with Crippen LogP contribution in [0, 0.1) is 6.92 Å². The van der Waals surface area contributed by atoms with Crippen molar-refractivity contribution in [2.24, 2.45) is 0 Å². The van der Waals surface area contributed by atoms with Crippen LogP contribution in [0.3, 0.4) is 0 Å². The van der Waals surface area contributed by atoms with E-state index >= 15 is 0 Å². The molecule has 182 valence electrons. The lowest BCUT2D eigenvalue weighted by atomic mass is 10.1. The lowest BCUT2D eigenvalue weighted by molar-refractivity contribution is -0.113. The molecular formula is C26H25Cl2N3O2S2. The fraction of sp³-hybridized carbons (Fsp3) is 0.269. The molecule has 2 aromatic heterocycles. The molecule has 4 rings (SSSR count). The van der Waals surface area contributed by atoms with Crippen molar-refractivity contribution in [2.45, 2.75) is 45.2 Å². The van der Waals surface area contributed by atoms with Gasteiger partial charge in [-0.15, -0.1) is 11.3 Å². The number of aromatic nitrogens is 2. The van der Waals surface area contributed by atoms with Crippen LogP contribution in [0.5, 0.6) is 0 Å². The van der Waals surface area contributed by atoms with Gasteiger partial charge in [-0.2, -0.15) is 0 Å². The summed E-state index contributed by atoms with van der Waals surface area (Å²) in [4.78, 5) is 33.2. The maximum Gasteiger partial charge on any atom is 0.267 e. The quantitative estimate of drug-likeness (QED) is 0.186. The van der Waals surface area contributed by atoms with E-state index in [9.17, 15) is 9.59 Å². The molecular weight excluding hydrogens is 521 g/mol. The number of nitrogens with zero attached hydrogens (tertiary/aromatic N) is 2. The number of carbonyl (C=O) groups excluding carboxylic acids is 1. The zero-order chi connectivity index (χ0) is 25.1. The molecule has 0 unspecified atom stereocenters. The second-order valence-corrected chi connectivity index (χ2v) is 11.0. The molecule has 0 bridgehead atoms. The molecule has 0 saturated heterocycles. The number of thioether (sulfide) groups is 1. The molecule has 1 N–H and O–H groups in total. The van der Waals surface area contributed by atoms with Crippen molar-refractivity contribution in [1.29, 1.82) is 0 Å². The van der Waals surface area contributed by atoms with Gasteiger partial charge in [-0.05, 0) is 61.2 Å². The molecule has 4 aromatic rings. The van der Waals surface area contributed by atoms with Gasteiger partial charge in [-0.1, -0.05) is 67.4 Å². The number of thiophene rings is 1. The molecule has 1 amide bonds. The number of aryl methyl sites for hydroxylation is 3. The van der Waals surface area contributed by atoms with E-state index < -0.39 is 0 Å². The third-order valence-corrected chi connectivity index (χ3v) is 8.21. The fourth-order valence-electron chi connectivity index (χ4n) is 3.83. The third-order valence-electron chi connectivity index (χ3n) is 5.59. The first kappa shape index (κ1) is 25.8. The highest BCUT2D eigenvalue weighted by atomic mass is 35.5. The van der Waals surface area contributed by atoms with Crippen LogP contribution in [-0.2, 0) is 17.6 Å². The van der Waals surface area contributed by atoms with Crippen LogP contribution in [0.15, 0.2) is 52.4 Å². The lowest BCUT2D eigenvalue weighted by Gasteiger charge is -2.13. The molecule has 0 aliphatic rings. The van der Waals surface area contributed by atoms with Crippen molar-refractivity contribution >= 4 is 68.1 Å². The number of carbonyl (C=O) groups is 1. The number of amides is 1. The summed E-state index contributed by atoms with van der Waals surface area (Å²) >= 11 is 14.9. The minimum Gasteiger partial charge on any atom is -0.325 e. The molecule has 5 nitrogen and oxygen atoms in total. The Bertz CT molecular complexity index is 1430. The molecule has 0 aliphatic carbocycles. The first-order valence-corrected chi connectivity index (χ1v) is 13.9. The van der Waals surface area contributed by atoms with Crippen molar-refractivity contribution in [3.8, 4) is 5.69 Å². The van der Waals surface area contributed by atoms with Gasteiger partial charge in [0.05, 0.1) is 16.8 Å². The van der Waals surface area contributed by atoms with E-state index in [1.165, 1.54) is 22.2 Å². The Kier molecular flexibility index (Phi) is 8.22. The standard InChI is InChI=1S/C26H25Cl2N3O2S2/c1-4-6-21-15(3)23-24(35-21)30-26(31(25(23)33)20-9-7-16(5-2)8-10-20)34-14-22(32)29-19-12-17(27)11-18(28)13-19/h7-13H,4-6,14H2,1-3H3,(H,29,32). The highest BCUT2D eigenvalue weighted by Crippen LogP contribution is 2.31. The van der Waals surface area contributed by atoms with Gasteiger partial charge in [0, 0.05) is 20.6 Å². The van der Waals surface area contributed by atoms with E-state index in [0.717, 1.165) is 30.5 Å². The molecule has 2 aromatic carbocycles. The zero-order valence-electron chi connectivity index (χ0n) is 19.7. The second-order valence-electron chi connectivity index (χ2n) is 8.13. The Hall–Kier alpha value is -2.32. The third kappa shape index (κ3) is 5.75. The normalized spacial score (nSPS) is 11.2. The van der Waals surface area contributed by atoms with Crippen molar-refractivity contribution in [2.75, 3.05) is 11.1 Å². The Morgan fingerprint density at radius 2 is 1.80 bits per heavy atom. The minimum absolute atomic E-state index is 0.0707. The van der Waals surface area contributed by atoms with E-state index in [-0.39, 0.29) is 17.2 Å². The Morgan fingerprint density at radius 1 is 1.11 bits per heavy atom. The molecule has 35 heavy (non-hydrogen) atoms. The van der Waals surface area contributed by atoms with Gasteiger partial charge >= 0.3 is 0 Å². The highest BCUT2D eigenvalue weighted by molar-refractivity contribution is 7.99. The molecule has 0 radical (unpaired) electrons. The van der Waals surface area contributed by atoms with Gasteiger partial charge in [0.2, 0.25) is 5.91 Å². The largest absolute Gasteiger partial charge is 0.325 e. The summed E-state index contributed by atoms with van der Waals surface area (Å²) in [5.74, 6) is -0.175. The van der Waals surface area contributed by atoms with Crippen LogP contribution in [0.25, 0.3) is 15.9 Å². The highest BCUT2D eigenvalue weighted by Gasteiger charge is 2.20. The van der Waals surface area contributed by atoms with Crippen LogP contribution < -0.4 is 10.9 Å². The number of anilines is 1. The zero-order valence-corrected chi connectivity index (χ0v) is 22.8. The number of hydrogen-bond donors (Lipinski definition) is 1. The minimum atomic E-state index is -0.246. The second kappa shape index (κ2) is 11.2. The van der Waals surface area contributed by atoms with Gasteiger partial charge in [0.25, 0.3) is 5.56 Å². The average molecular weight is 547 g/mol. The van der Waals surface area contributed by atoms with Crippen LogP contribution in [0.4, 0.5) is 5.69 Å². The first-order chi connectivity index (χ1) is 16.8. The van der Waals surface area contributed by atoms with Gasteiger partial charge in [0.15, 0.2) is 5.16 Å². The molecule has 0 fully saturated rings. The van der Waals surface area contributed by atoms with Gasteiger partial charge < -0.3 is 5.32 Å². The lowest BCUT2D eigenvalue weighted by Crippen LogP contribution is -2.23. The van der Waals surface area contributed by atoms with Gasteiger partial charge in [0.1, 0.15) is 4.83 Å². The molecule has 0 saturated carbocycles. The fourth-order valence-corrected chi connectivity index (χ4v) is 6.49. The number of nitrogens with one attached hydrogen (secondary N) is 1. The predicted octanol–water partition coefficient (Wildman–Crippen LogP) is 7.31. The van der Waals surface area contributed by atoms with E-state index in [1.807, 2.05) is 31.2 Å². The summed E-state index contributed by atoms with van der Waals surface area (Å²) in [5, 5.41) is 4.82. The summed E-state index contributed by atoms with van der Waals surface area (Å²) in [6, 6.07) is 12.8. The molecule has 0 aliphatic heterocycles.